The molecule has 2 unspecified atom stereocenters. The fraction of sp³-hybridized carbons (Fsp3) is 0.409. The summed E-state index contributed by atoms with van der Waals surface area (Å²) in [5.74, 6) is 0.335. The Morgan fingerprint density at radius 1 is 1.08 bits per heavy atom. The van der Waals surface area contributed by atoms with Crippen LogP contribution in [0, 0.1) is 6.92 Å². The van der Waals surface area contributed by atoms with E-state index in [1.165, 1.54) is 11.1 Å². The summed E-state index contributed by atoms with van der Waals surface area (Å²) in [4.78, 5) is 15.0. The van der Waals surface area contributed by atoms with Crippen molar-refractivity contribution in [3.63, 3.8) is 0 Å². The van der Waals surface area contributed by atoms with E-state index in [2.05, 4.69) is 41.4 Å². The number of nitrogens with zero attached hydrogens (tertiary/aromatic N) is 1. The Hall–Kier alpha value is -2.17. The molecule has 4 atom stereocenters. The van der Waals surface area contributed by atoms with Gasteiger partial charge in [-0.15, -0.1) is 0 Å². The number of rotatable bonds is 5. The van der Waals surface area contributed by atoms with Crippen molar-refractivity contribution in [3.05, 3.63) is 71.3 Å². The highest BCUT2D eigenvalue weighted by Crippen LogP contribution is 2.28. The average Bonchev–Trinajstić information content (AvgIpc) is 3.03. The minimum atomic E-state index is -0.193. The number of nitrogens with one attached hydrogen (secondary N) is 1. The molecule has 1 heterocycles. The van der Waals surface area contributed by atoms with Crippen molar-refractivity contribution in [3.8, 4) is 0 Å². The highest BCUT2D eigenvalue weighted by Gasteiger charge is 2.35. The molecule has 0 aromatic heterocycles. The zero-order valence-corrected chi connectivity index (χ0v) is 15.9. The third kappa shape index (κ3) is 3.97. The molecular formula is C22H29N3O. The first-order valence-electron chi connectivity index (χ1n) is 9.38. The number of benzene rings is 2. The molecule has 1 aliphatic rings. The predicted molar refractivity (Wildman–Crippen MR) is 106 cm³/mol. The summed E-state index contributed by atoms with van der Waals surface area (Å²) in [7, 11) is 0. The molecule has 26 heavy (non-hydrogen) atoms. The maximum absolute atomic E-state index is 12.8. The molecule has 2 aromatic rings. The second-order valence-electron chi connectivity index (χ2n) is 7.40. The standard InChI is InChI=1S/C22H29N3O/c1-15-9-7-8-12-19(15)16(2)24-22(26)17(3)25-13-20(21(23)14-25)18-10-5-4-6-11-18/h4-12,16-17,20-21H,13-14,23H2,1-3H3,(H,24,26)/t16?,17?,20-,21+/m0/s1. The summed E-state index contributed by atoms with van der Waals surface area (Å²) >= 11 is 0. The van der Waals surface area contributed by atoms with Gasteiger partial charge in [-0.2, -0.15) is 0 Å². The summed E-state index contributed by atoms with van der Waals surface area (Å²) in [6.45, 7) is 7.65. The number of nitrogens with two attached hydrogens (primary N) is 1. The molecule has 1 amide bonds. The highest BCUT2D eigenvalue weighted by molar-refractivity contribution is 5.81. The van der Waals surface area contributed by atoms with Crippen LogP contribution in [-0.2, 0) is 4.79 Å². The van der Waals surface area contributed by atoms with Gasteiger partial charge in [0.25, 0.3) is 0 Å². The van der Waals surface area contributed by atoms with Gasteiger partial charge in [0.2, 0.25) is 5.91 Å². The zero-order chi connectivity index (χ0) is 18.7. The Balaban J connectivity index is 1.63. The van der Waals surface area contributed by atoms with E-state index in [1.807, 2.05) is 44.2 Å². The molecular weight excluding hydrogens is 322 g/mol. The van der Waals surface area contributed by atoms with Gasteiger partial charge >= 0.3 is 0 Å². The quantitative estimate of drug-likeness (QED) is 0.871. The lowest BCUT2D eigenvalue weighted by molar-refractivity contribution is -0.126. The monoisotopic (exact) mass is 351 g/mol. The average molecular weight is 351 g/mol. The number of likely N-dealkylation sites (tertiary alicyclic amines) is 1. The van der Waals surface area contributed by atoms with Crippen LogP contribution in [0.25, 0.3) is 0 Å². The number of aryl methyl sites for hydroxylation is 1. The van der Waals surface area contributed by atoms with E-state index in [-0.39, 0.29) is 30.0 Å². The van der Waals surface area contributed by atoms with Crippen LogP contribution < -0.4 is 11.1 Å². The molecule has 1 saturated heterocycles. The van der Waals surface area contributed by atoms with Crippen LogP contribution in [0.5, 0.6) is 0 Å². The Labute approximate surface area is 156 Å². The Bertz CT molecular complexity index is 746. The second kappa shape index (κ2) is 8.02. The first kappa shape index (κ1) is 18.6. The Kier molecular flexibility index (Phi) is 5.74. The van der Waals surface area contributed by atoms with E-state index in [1.54, 1.807) is 0 Å². The van der Waals surface area contributed by atoms with Crippen molar-refractivity contribution in [2.24, 2.45) is 5.73 Å². The van der Waals surface area contributed by atoms with Crippen LogP contribution >= 0.6 is 0 Å². The van der Waals surface area contributed by atoms with Crippen LogP contribution in [0.3, 0.4) is 0 Å². The van der Waals surface area contributed by atoms with Crippen LogP contribution in [0.2, 0.25) is 0 Å². The molecule has 0 radical (unpaired) electrons. The van der Waals surface area contributed by atoms with Gasteiger partial charge in [-0.05, 0) is 37.5 Å². The van der Waals surface area contributed by atoms with Crippen LogP contribution in [0.15, 0.2) is 54.6 Å². The number of hydrogen-bond acceptors (Lipinski definition) is 3. The van der Waals surface area contributed by atoms with Crippen molar-refractivity contribution < 1.29 is 4.79 Å². The summed E-state index contributed by atoms with van der Waals surface area (Å²) in [5.41, 5.74) is 9.99. The van der Waals surface area contributed by atoms with Crippen LogP contribution in [-0.4, -0.2) is 36.0 Å². The fourth-order valence-electron chi connectivity index (χ4n) is 3.88. The zero-order valence-electron chi connectivity index (χ0n) is 15.9. The maximum Gasteiger partial charge on any atom is 0.237 e. The third-order valence-electron chi connectivity index (χ3n) is 5.56. The summed E-state index contributed by atoms with van der Waals surface area (Å²) in [6, 6.07) is 18.4. The van der Waals surface area contributed by atoms with Crippen molar-refractivity contribution >= 4 is 5.91 Å². The molecule has 4 nitrogen and oxygen atoms in total. The molecule has 0 aliphatic carbocycles. The molecule has 138 valence electrons. The van der Waals surface area contributed by atoms with Gasteiger partial charge in [-0.25, -0.2) is 0 Å². The first-order valence-corrected chi connectivity index (χ1v) is 9.38. The normalized spacial score (nSPS) is 22.8. The molecule has 3 N–H and O–H groups in total. The highest BCUT2D eigenvalue weighted by atomic mass is 16.2. The Morgan fingerprint density at radius 2 is 1.73 bits per heavy atom. The molecule has 0 spiro atoms. The lowest BCUT2D eigenvalue weighted by Crippen LogP contribution is -2.45. The molecule has 2 aromatic carbocycles. The van der Waals surface area contributed by atoms with E-state index < -0.39 is 0 Å². The number of carbonyl (C=O) groups excluding carboxylic acids is 1. The van der Waals surface area contributed by atoms with Gasteiger partial charge < -0.3 is 11.1 Å². The molecule has 3 rings (SSSR count). The van der Waals surface area contributed by atoms with Crippen molar-refractivity contribution in [1.29, 1.82) is 0 Å². The summed E-state index contributed by atoms with van der Waals surface area (Å²) < 4.78 is 0. The van der Waals surface area contributed by atoms with Gasteiger partial charge in [0.1, 0.15) is 0 Å². The van der Waals surface area contributed by atoms with Gasteiger partial charge in [0.05, 0.1) is 12.1 Å². The van der Waals surface area contributed by atoms with E-state index in [4.69, 9.17) is 5.73 Å². The SMILES string of the molecule is Cc1ccccc1C(C)NC(=O)C(C)N1C[C@@H](N)[C@H](c2ccccc2)C1. The van der Waals surface area contributed by atoms with Gasteiger partial charge in [-0.1, -0.05) is 54.6 Å². The van der Waals surface area contributed by atoms with E-state index in [9.17, 15) is 4.79 Å². The number of amides is 1. The second-order valence-corrected chi connectivity index (χ2v) is 7.40. The smallest absolute Gasteiger partial charge is 0.237 e. The lowest BCUT2D eigenvalue weighted by atomic mass is 9.95. The van der Waals surface area contributed by atoms with Gasteiger partial charge in [0.15, 0.2) is 0 Å². The molecule has 0 bridgehead atoms. The Morgan fingerprint density at radius 3 is 2.42 bits per heavy atom. The first-order chi connectivity index (χ1) is 12.5. The third-order valence-corrected chi connectivity index (χ3v) is 5.56. The summed E-state index contributed by atoms with van der Waals surface area (Å²) in [5, 5.41) is 3.16. The van der Waals surface area contributed by atoms with Crippen LogP contribution in [0.4, 0.5) is 0 Å². The molecule has 1 fully saturated rings. The van der Waals surface area contributed by atoms with Crippen molar-refractivity contribution in [2.75, 3.05) is 13.1 Å². The van der Waals surface area contributed by atoms with Crippen LogP contribution in [0.1, 0.15) is 42.5 Å². The van der Waals surface area contributed by atoms with E-state index in [0.29, 0.717) is 0 Å². The minimum Gasteiger partial charge on any atom is -0.348 e. The lowest BCUT2D eigenvalue weighted by Gasteiger charge is -2.26. The maximum atomic E-state index is 12.8. The minimum absolute atomic E-state index is 0.00709. The topological polar surface area (TPSA) is 58.4 Å². The summed E-state index contributed by atoms with van der Waals surface area (Å²) in [6.07, 6.45) is 0. The van der Waals surface area contributed by atoms with Gasteiger partial charge in [-0.3, -0.25) is 9.69 Å². The van der Waals surface area contributed by atoms with Gasteiger partial charge in [0, 0.05) is 25.0 Å². The number of hydrogen-bond donors (Lipinski definition) is 2. The van der Waals surface area contributed by atoms with E-state index >= 15 is 0 Å². The largest absolute Gasteiger partial charge is 0.348 e. The number of carbonyl (C=O) groups is 1. The molecule has 4 heteroatoms. The fourth-order valence-corrected chi connectivity index (χ4v) is 3.88. The predicted octanol–water partition coefficient (Wildman–Crippen LogP) is 2.99. The van der Waals surface area contributed by atoms with Crippen molar-refractivity contribution in [1.82, 2.24) is 10.2 Å². The molecule has 1 aliphatic heterocycles. The van der Waals surface area contributed by atoms with E-state index in [0.717, 1.165) is 18.7 Å². The molecule has 0 saturated carbocycles. The van der Waals surface area contributed by atoms with Crippen molar-refractivity contribution in [2.45, 2.75) is 44.8 Å².